The zero-order valence-corrected chi connectivity index (χ0v) is 13.7. The molecule has 4 heteroatoms. The van der Waals surface area contributed by atoms with Crippen molar-refractivity contribution in [3.05, 3.63) is 65.7 Å². The Labute approximate surface area is 137 Å². The minimum Gasteiger partial charge on any atom is -0.489 e. The van der Waals surface area contributed by atoms with Gasteiger partial charge in [0.2, 0.25) is 5.91 Å². The quantitative estimate of drug-likeness (QED) is 0.788. The van der Waals surface area contributed by atoms with Gasteiger partial charge in [0.25, 0.3) is 0 Å². The Hall–Kier alpha value is -2.33. The molecule has 1 unspecified atom stereocenters. The highest BCUT2D eigenvalue weighted by Gasteiger charge is 2.12. The number of carbonyl (C=O) groups is 1. The number of hydrogen-bond acceptors (Lipinski definition) is 3. The maximum Gasteiger partial charge on any atom is 0.224 e. The van der Waals surface area contributed by atoms with E-state index in [1.54, 1.807) is 0 Å². The summed E-state index contributed by atoms with van der Waals surface area (Å²) in [4.78, 5) is 12.0. The monoisotopic (exact) mass is 312 g/mol. The van der Waals surface area contributed by atoms with E-state index >= 15 is 0 Å². The van der Waals surface area contributed by atoms with Gasteiger partial charge in [0.1, 0.15) is 12.4 Å². The smallest absolute Gasteiger partial charge is 0.224 e. The molecular weight excluding hydrogens is 288 g/mol. The molecule has 0 aliphatic rings. The molecule has 0 spiro atoms. The van der Waals surface area contributed by atoms with Gasteiger partial charge in [0, 0.05) is 24.6 Å². The number of hydrogen-bond donors (Lipinski definition) is 2. The van der Waals surface area contributed by atoms with Crippen molar-refractivity contribution in [1.29, 1.82) is 0 Å². The lowest BCUT2D eigenvalue weighted by atomic mass is 10.1. The van der Waals surface area contributed by atoms with Crippen molar-refractivity contribution < 1.29 is 9.53 Å². The van der Waals surface area contributed by atoms with Gasteiger partial charge in [-0.25, -0.2) is 0 Å². The van der Waals surface area contributed by atoms with Crippen LogP contribution in [0.2, 0.25) is 0 Å². The number of rotatable bonds is 8. The molecule has 0 heterocycles. The first-order chi connectivity index (χ1) is 11.2. The SMILES string of the molecule is CNCC(C)C(=O)NCc1ccccc1OCc1ccccc1. The van der Waals surface area contributed by atoms with E-state index in [1.165, 1.54) is 0 Å². The summed E-state index contributed by atoms with van der Waals surface area (Å²) in [7, 11) is 1.84. The topological polar surface area (TPSA) is 50.4 Å². The number of para-hydroxylation sites is 1. The Morgan fingerprint density at radius 3 is 2.52 bits per heavy atom. The number of amides is 1. The van der Waals surface area contributed by atoms with Gasteiger partial charge in [-0.15, -0.1) is 0 Å². The van der Waals surface area contributed by atoms with E-state index in [0.717, 1.165) is 16.9 Å². The van der Waals surface area contributed by atoms with Crippen LogP contribution in [0.1, 0.15) is 18.1 Å². The molecule has 2 aromatic rings. The van der Waals surface area contributed by atoms with E-state index in [4.69, 9.17) is 4.74 Å². The van der Waals surface area contributed by atoms with Crippen LogP contribution in [0.25, 0.3) is 0 Å². The van der Waals surface area contributed by atoms with E-state index in [9.17, 15) is 4.79 Å². The van der Waals surface area contributed by atoms with E-state index in [0.29, 0.717) is 19.7 Å². The van der Waals surface area contributed by atoms with Crippen molar-refractivity contribution in [1.82, 2.24) is 10.6 Å². The number of ether oxygens (including phenoxy) is 1. The normalized spacial score (nSPS) is 11.7. The average Bonchev–Trinajstić information content (AvgIpc) is 2.59. The summed E-state index contributed by atoms with van der Waals surface area (Å²) in [5.41, 5.74) is 2.10. The van der Waals surface area contributed by atoms with E-state index in [2.05, 4.69) is 10.6 Å². The van der Waals surface area contributed by atoms with Gasteiger partial charge >= 0.3 is 0 Å². The molecule has 0 saturated heterocycles. The van der Waals surface area contributed by atoms with Crippen LogP contribution in [0.15, 0.2) is 54.6 Å². The standard InChI is InChI=1S/C19H24N2O2/c1-15(12-20-2)19(22)21-13-17-10-6-7-11-18(17)23-14-16-8-4-3-5-9-16/h3-11,15,20H,12-14H2,1-2H3,(H,21,22). The maximum absolute atomic E-state index is 12.0. The molecular formula is C19H24N2O2. The first-order valence-corrected chi connectivity index (χ1v) is 7.87. The van der Waals surface area contributed by atoms with Crippen LogP contribution >= 0.6 is 0 Å². The third kappa shape index (κ3) is 5.42. The van der Waals surface area contributed by atoms with Crippen LogP contribution in [-0.4, -0.2) is 19.5 Å². The summed E-state index contributed by atoms with van der Waals surface area (Å²) in [6.07, 6.45) is 0. The van der Waals surface area contributed by atoms with Crippen molar-refractivity contribution in [2.24, 2.45) is 5.92 Å². The van der Waals surface area contributed by atoms with E-state index in [1.807, 2.05) is 68.6 Å². The fraction of sp³-hybridized carbons (Fsp3) is 0.316. The first-order valence-electron chi connectivity index (χ1n) is 7.87. The molecule has 0 bridgehead atoms. The Kier molecular flexibility index (Phi) is 6.63. The van der Waals surface area contributed by atoms with Crippen LogP contribution in [0, 0.1) is 5.92 Å². The minimum atomic E-state index is -0.0580. The highest BCUT2D eigenvalue weighted by atomic mass is 16.5. The van der Waals surface area contributed by atoms with Crippen LogP contribution in [0.5, 0.6) is 5.75 Å². The Morgan fingerprint density at radius 1 is 1.09 bits per heavy atom. The molecule has 0 aliphatic heterocycles. The van der Waals surface area contributed by atoms with Crippen LogP contribution < -0.4 is 15.4 Å². The molecule has 23 heavy (non-hydrogen) atoms. The minimum absolute atomic E-state index is 0.0391. The predicted molar refractivity (Wildman–Crippen MR) is 92.2 cm³/mol. The average molecular weight is 312 g/mol. The Morgan fingerprint density at radius 2 is 1.78 bits per heavy atom. The number of benzene rings is 2. The number of carbonyl (C=O) groups excluding carboxylic acids is 1. The molecule has 0 aromatic heterocycles. The van der Waals surface area contributed by atoms with E-state index < -0.39 is 0 Å². The molecule has 2 rings (SSSR count). The third-order valence-electron chi connectivity index (χ3n) is 3.62. The summed E-state index contributed by atoms with van der Waals surface area (Å²) in [5.74, 6) is 0.785. The molecule has 2 N–H and O–H groups in total. The molecule has 0 aliphatic carbocycles. The lowest BCUT2D eigenvalue weighted by molar-refractivity contribution is -0.124. The number of nitrogens with one attached hydrogen (secondary N) is 2. The molecule has 122 valence electrons. The highest BCUT2D eigenvalue weighted by Crippen LogP contribution is 2.19. The van der Waals surface area contributed by atoms with Crippen molar-refractivity contribution in [2.75, 3.05) is 13.6 Å². The molecule has 1 atom stereocenters. The summed E-state index contributed by atoms with van der Waals surface area (Å²) < 4.78 is 5.90. The van der Waals surface area contributed by atoms with Crippen LogP contribution in [0.4, 0.5) is 0 Å². The molecule has 1 amide bonds. The van der Waals surface area contributed by atoms with Gasteiger partial charge in [-0.05, 0) is 18.7 Å². The molecule has 0 fully saturated rings. The second kappa shape index (κ2) is 8.96. The molecule has 0 saturated carbocycles. The lowest BCUT2D eigenvalue weighted by Gasteiger charge is -2.14. The van der Waals surface area contributed by atoms with Crippen molar-refractivity contribution in [3.63, 3.8) is 0 Å². The van der Waals surface area contributed by atoms with Gasteiger partial charge < -0.3 is 15.4 Å². The molecule has 4 nitrogen and oxygen atoms in total. The zero-order chi connectivity index (χ0) is 16.5. The summed E-state index contributed by atoms with van der Waals surface area (Å²) in [5, 5.41) is 5.97. The lowest BCUT2D eigenvalue weighted by Crippen LogP contribution is -2.33. The highest BCUT2D eigenvalue weighted by molar-refractivity contribution is 5.78. The second-order valence-corrected chi connectivity index (χ2v) is 5.56. The molecule has 2 aromatic carbocycles. The van der Waals surface area contributed by atoms with Gasteiger partial charge in [0.15, 0.2) is 0 Å². The third-order valence-corrected chi connectivity index (χ3v) is 3.62. The molecule has 0 radical (unpaired) electrons. The van der Waals surface area contributed by atoms with E-state index in [-0.39, 0.29) is 11.8 Å². The zero-order valence-electron chi connectivity index (χ0n) is 13.7. The maximum atomic E-state index is 12.0. The van der Waals surface area contributed by atoms with Crippen molar-refractivity contribution in [2.45, 2.75) is 20.1 Å². The van der Waals surface area contributed by atoms with Gasteiger partial charge in [-0.2, -0.15) is 0 Å². The fourth-order valence-electron chi connectivity index (χ4n) is 2.28. The second-order valence-electron chi connectivity index (χ2n) is 5.56. The fourth-order valence-corrected chi connectivity index (χ4v) is 2.28. The van der Waals surface area contributed by atoms with Crippen LogP contribution in [-0.2, 0) is 17.9 Å². The summed E-state index contributed by atoms with van der Waals surface area (Å²) in [6, 6.07) is 17.8. The largest absolute Gasteiger partial charge is 0.489 e. The van der Waals surface area contributed by atoms with Crippen LogP contribution in [0.3, 0.4) is 0 Å². The summed E-state index contributed by atoms with van der Waals surface area (Å²) in [6.45, 7) is 3.56. The van der Waals surface area contributed by atoms with Crippen molar-refractivity contribution in [3.8, 4) is 5.75 Å². The van der Waals surface area contributed by atoms with Gasteiger partial charge in [-0.1, -0.05) is 55.5 Å². The van der Waals surface area contributed by atoms with Gasteiger partial charge in [0.05, 0.1) is 0 Å². The van der Waals surface area contributed by atoms with Gasteiger partial charge in [-0.3, -0.25) is 4.79 Å². The predicted octanol–water partition coefficient (Wildman–Crippen LogP) is 2.74. The first kappa shape index (κ1) is 17.0. The summed E-state index contributed by atoms with van der Waals surface area (Å²) >= 11 is 0. The Balaban J connectivity index is 1.93. The Bertz CT molecular complexity index is 614. The van der Waals surface area contributed by atoms with Crippen molar-refractivity contribution >= 4 is 5.91 Å².